The molecule has 0 N–H and O–H groups in total. The second kappa shape index (κ2) is 9.71. The number of nitrogens with zero attached hydrogens (tertiary/aromatic N) is 4. The molecule has 0 aliphatic rings. The Bertz CT molecular complexity index is 2810. The molecule has 0 atom stereocenters. The molecule has 3 heterocycles. The van der Waals surface area contributed by atoms with E-state index >= 15 is 0 Å². The van der Waals surface area contributed by atoms with Gasteiger partial charge >= 0.3 is 0 Å². The predicted octanol–water partition coefficient (Wildman–Crippen LogP) is 11.5. The molecule has 0 unspecified atom stereocenters. The molecule has 0 saturated carbocycles. The third-order valence-corrected chi connectivity index (χ3v) is 9.64. The molecule has 0 spiro atoms. The van der Waals surface area contributed by atoms with E-state index in [1.54, 1.807) is 0 Å². The molecule has 0 bridgehead atoms. The Labute approximate surface area is 270 Å². The van der Waals surface area contributed by atoms with Crippen LogP contribution in [-0.4, -0.2) is 13.7 Å². The maximum absolute atomic E-state index is 8.92. The van der Waals surface area contributed by atoms with E-state index in [-0.39, 0.29) is 0 Å². The minimum Gasteiger partial charge on any atom is -0.317 e. The molecular weight excluding hydrogens is 573 g/mol. The summed E-state index contributed by atoms with van der Waals surface area (Å²) >= 11 is 0. The first-order valence-corrected chi connectivity index (χ1v) is 15.8. The van der Waals surface area contributed by atoms with Gasteiger partial charge in [-0.15, -0.1) is 0 Å². The Balaban J connectivity index is 1.51. The second-order valence-corrected chi connectivity index (χ2v) is 12.0. The molecule has 4 nitrogen and oxygen atoms in total. The molecule has 47 heavy (non-hydrogen) atoms. The maximum atomic E-state index is 8.92. The molecule has 0 fully saturated rings. The minimum absolute atomic E-state index is 0.636. The van der Waals surface area contributed by atoms with Crippen molar-refractivity contribution in [2.45, 2.75) is 0 Å². The zero-order valence-corrected chi connectivity index (χ0v) is 25.3. The second-order valence-electron chi connectivity index (χ2n) is 12.0. The van der Waals surface area contributed by atoms with Gasteiger partial charge in [-0.05, 0) is 53.9 Å². The van der Waals surface area contributed by atoms with Gasteiger partial charge in [-0.3, -0.25) is 0 Å². The summed E-state index contributed by atoms with van der Waals surface area (Å²) < 4.78 is 7.00. The summed E-state index contributed by atoms with van der Waals surface area (Å²) in [6, 6.07) is 55.6. The highest BCUT2D eigenvalue weighted by Gasteiger charge is 2.27. The summed E-state index contributed by atoms with van der Waals surface area (Å²) in [6.07, 6.45) is 0. The van der Waals surface area contributed by atoms with Crippen LogP contribution >= 0.6 is 0 Å². The van der Waals surface area contributed by atoms with Gasteiger partial charge in [0.05, 0.1) is 45.5 Å². The fraction of sp³-hybridized carbons (Fsp3) is 0. The molecule has 218 valence electrons. The van der Waals surface area contributed by atoms with Gasteiger partial charge in [0.2, 0.25) is 5.69 Å². The molecule has 4 heteroatoms. The molecular formula is C43H26N4. The van der Waals surface area contributed by atoms with Crippen molar-refractivity contribution in [3.63, 3.8) is 0 Å². The fourth-order valence-electron chi connectivity index (χ4n) is 7.78. The summed E-state index contributed by atoms with van der Waals surface area (Å²) in [6.45, 7) is 8.92. The zero-order valence-electron chi connectivity index (χ0n) is 25.3. The zero-order chi connectivity index (χ0) is 31.1. The van der Waals surface area contributed by atoms with Crippen LogP contribution in [0.2, 0.25) is 0 Å². The van der Waals surface area contributed by atoms with Gasteiger partial charge in [0.25, 0.3) is 0 Å². The lowest BCUT2D eigenvalue weighted by Crippen LogP contribution is -2.05. The lowest BCUT2D eigenvalue weighted by molar-refractivity contribution is 1.10. The summed E-state index contributed by atoms with van der Waals surface area (Å²) in [7, 11) is 0. The van der Waals surface area contributed by atoms with Crippen molar-refractivity contribution in [1.82, 2.24) is 13.7 Å². The highest BCUT2D eigenvalue weighted by Crippen LogP contribution is 2.48. The van der Waals surface area contributed by atoms with Crippen molar-refractivity contribution < 1.29 is 0 Å². The number of hydrogen-bond acceptors (Lipinski definition) is 0. The molecule has 0 aliphatic heterocycles. The Morgan fingerprint density at radius 1 is 0.383 bits per heavy atom. The lowest BCUT2D eigenvalue weighted by atomic mass is 10.1. The van der Waals surface area contributed by atoms with Crippen molar-refractivity contribution in [2.24, 2.45) is 0 Å². The van der Waals surface area contributed by atoms with E-state index < -0.39 is 0 Å². The smallest absolute Gasteiger partial charge is 0.222 e. The van der Waals surface area contributed by atoms with Crippen LogP contribution in [0.25, 0.3) is 87.3 Å². The Morgan fingerprint density at radius 3 is 1.28 bits per heavy atom. The van der Waals surface area contributed by atoms with E-state index in [0.29, 0.717) is 5.69 Å². The molecule has 7 aromatic carbocycles. The van der Waals surface area contributed by atoms with Crippen LogP contribution in [0.1, 0.15) is 0 Å². The first kappa shape index (κ1) is 25.7. The van der Waals surface area contributed by atoms with Crippen molar-refractivity contribution in [2.75, 3.05) is 0 Å². The summed E-state index contributed by atoms with van der Waals surface area (Å²) in [5.41, 5.74) is 9.99. The average molecular weight is 599 g/mol. The molecule has 0 aliphatic carbocycles. The number of para-hydroxylation sites is 6. The highest BCUT2D eigenvalue weighted by molar-refractivity contribution is 6.20. The van der Waals surface area contributed by atoms with Crippen molar-refractivity contribution >= 4 is 71.1 Å². The van der Waals surface area contributed by atoms with Crippen molar-refractivity contribution in [3.8, 4) is 17.1 Å². The monoisotopic (exact) mass is 598 g/mol. The summed E-state index contributed by atoms with van der Waals surface area (Å²) in [4.78, 5) is 4.46. The van der Waals surface area contributed by atoms with E-state index in [1.807, 2.05) is 6.07 Å². The molecule has 0 radical (unpaired) electrons. The summed E-state index contributed by atoms with van der Waals surface area (Å²) in [5.74, 6) is 0. The Kier molecular flexibility index (Phi) is 5.32. The number of aromatic nitrogens is 3. The molecule has 0 amide bonds. The Morgan fingerprint density at radius 2 is 0.787 bits per heavy atom. The Hall–Kier alpha value is -6.57. The van der Waals surface area contributed by atoms with Crippen LogP contribution < -0.4 is 0 Å². The van der Waals surface area contributed by atoms with Gasteiger partial charge in [0.1, 0.15) is 0 Å². The highest BCUT2D eigenvalue weighted by atomic mass is 15.1. The normalized spacial score (nSPS) is 11.8. The standard InChI is InChI=1S/C43H26N4/c1-44-42-41-33-21-9-14-26-38(33)45(28-15-3-2-4-16-28)39(41)27-40(46-34-22-10-5-17-29(34)30-18-6-11-23-35(30)46)43(42)47-36-24-12-7-19-31(36)32-20-8-13-25-37(32)47/h2-27H. The van der Waals surface area contributed by atoms with Gasteiger partial charge in [-0.2, -0.15) is 0 Å². The van der Waals surface area contributed by atoms with Crippen molar-refractivity contribution in [3.05, 3.63) is 169 Å². The van der Waals surface area contributed by atoms with Gasteiger partial charge in [0, 0.05) is 38.1 Å². The molecule has 10 aromatic rings. The van der Waals surface area contributed by atoms with Crippen LogP contribution in [0.4, 0.5) is 5.69 Å². The van der Waals surface area contributed by atoms with E-state index in [0.717, 1.165) is 60.9 Å². The molecule has 10 rings (SSSR count). The first-order chi connectivity index (χ1) is 23.3. The third-order valence-electron chi connectivity index (χ3n) is 9.64. The van der Waals surface area contributed by atoms with E-state index in [2.05, 4.69) is 170 Å². The van der Waals surface area contributed by atoms with Gasteiger partial charge in [-0.25, -0.2) is 4.85 Å². The average Bonchev–Trinajstić information content (AvgIpc) is 3.77. The van der Waals surface area contributed by atoms with Gasteiger partial charge < -0.3 is 13.7 Å². The lowest BCUT2D eigenvalue weighted by Gasteiger charge is -2.20. The topological polar surface area (TPSA) is 19.1 Å². The van der Waals surface area contributed by atoms with Crippen LogP contribution in [0, 0.1) is 6.57 Å². The number of rotatable bonds is 3. The number of fused-ring (bicyclic) bond motifs is 9. The van der Waals surface area contributed by atoms with Crippen LogP contribution in [0.3, 0.4) is 0 Å². The number of benzene rings is 7. The fourth-order valence-corrected chi connectivity index (χ4v) is 7.78. The van der Waals surface area contributed by atoms with Gasteiger partial charge in [0.15, 0.2) is 0 Å². The molecule has 3 aromatic heterocycles. The minimum atomic E-state index is 0.636. The van der Waals surface area contributed by atoms with Crippen LogP contribution in [0.5, 0.6) is 0 Å². The van der Waals surface area contributed by atoms with Crippen LogP contribution in [-0.2, 0) is 0 Å². The SMILES string of the molecule is [C-]#[N+]c1c(-n2c3ccccc3c3ccccc32)c(-n2c3ccccc3c3ccccc32)cc2c1c1ccccc1n2-c1ccccc1. The molecule has 0 saturated heterocycles. The third kappa shape index (κ3) is 3.46. The number of hydrogen-bond donors (Lipinski definition) is 0. The maximum Gasteiger partial charge on any atom is 0.222 e. The summed E-state index contributed by atoms with van der Waals surface area (Å²) in [5, 5.41) is 6.72. The van der Waals surface area contributed by atoms with E-state index in [4.69, 9.17) is 6.57 Å². The first-order valence-electron chi connectivity index (χ1n) is 15.8. The largest absolute Gasteiger partial charge is 0.317 e. The van der Waals surface area contributed by atoms with Crippen molar-refractivity contribution in [1.29, 1.82) is 0 Å². The quantitative estimate of drug-likeness (QED) is 0.180. The van der Waals surface area contributed by atoms with Crippen LogP contribution in [0.15, 0.2) is 158 Å². The van der Waals surface area contributed by atoms with Gasteiger partial charge in [-0.1, -0.05) is 109 Å². The predicted molar refractivity (Wildman–Crippen MR) is 196 cm³/mol. The van der Waals surface area contributed by atoms with E-state index in [9.17, 15) is 0 Å². The van der Waals surface area contributed by atoms with E-state index in [1.165, 1.54) is 21.5 Å².